The molecule has 1 atom stereocenters. The standard InChI is InChI=1S/C31H27ClN4O4S/c1-21-33-30(34-40-21)24-9-7-23(8-10-24)20-35-15-16-36(29(31(35)37)17-22-5-3-2-4-6-22)41(38,39)28-14-12-25-18-27(32)13-11-26(25)19-28/h2-14,18-19,29H,15-17,20H2,1H3. The Hall–Kier alpha value is -4.05. The molecule has 41 heavy (non-hydrogen) atoms. The van der Waals surface area contributed by atoms with Crippen LogP contribution < -0.4 is 0 Å². The number of fused-ring (bicyclic) bond motifs is 1. The number of benzene rings is 4. The third kappa shape index (κ3) is 5.61. The van der Waals surface area contributed by atoms with Gasteiger partial charge in [0.1, 0.15) is 6.04 Å². The summed E-state index contributed by atoms with van der Waals surface area (Å²) in [7, 11) is -3.97. The molecule has 10 heteroatoms. The Kier molecular flexibility index (Phi) is 7.33. The van der Waals surface area contributed by atoms with Gasteiger partial charge in [0.25, 0.3) is 0 Å². The second-order valence-corrected chi connectivity index (χ2v) is 12.4. The van der Waals surface area contributed by atoms with Crippen LogP contribution in [-0.4, -0.2) is 52.8 Å². The Labute approximate surface area is 243 Å². The third-order valence-electron chi connectivity index (χ3n) is 7.30. The number of sulfonamides is 1. The summed E-state index contributed by atoms with van der Waals surface area (Å²) in [5.41, 5.74) is 2.62. The molecular weight excluding hydrogens is 560 g/mol. The topological polar surface area (TPSA) is 96.6 Å². The number of amides is 1. The van der Waals surface area contributed by atoms with Gasteiger partial charge in [-0.15, -0.1) is 0 Å². The van der Waals surface area contributed by atoms with Crippen LogP contribution in [0.1, 0.15) is 17.0 Å². The first-order chi connectivity index (χ1) is 19.8. The molecule has 1 aliphatic heterocycles. The largest absolute Gasteiger partial charge is 0.339 e. The van der Waals surface area contributed by atoms with Crippen molar-refractivity contribution in [1.82, 2.24) is 19.3 Å². The number of nitrogens with zero attached hydrogens (tertiary/aromatic N) is 4. The van der Waals surface area contributed by atoms with Gasteiger partial charge in [-0.2, -0.15) is 9.29 Å². The average Bonchev–Trinajstić information content (AvgIpc) is 3.41. The van der Waals surface area contributed by atoms with Crippen LogP contribution in [-0.2, 0) is 27.8 Å². The van der Waals surface area contributed by atoms with Crippen LogP contribution in [0.3, 0.4) is 0 Å². The summed E-state index contributed by atoms with van der Waals surface area (Å²) in [4.78, 5) is 20.1. The van der Waals surface area contributed by atoms with Gasteiger partial charge in [0, 0.05) is 37.1 Å². The summed E-state index contributed by atoms with van der Waals surface area (Å²) < 4.78 is 34.4. The summed E-state index contributed by atoms with van der Waals surface area (Å²) >= 11 is 6.11. The quantitative estimate of drug-likeness (QED) is 0.250. The van der Waals surface area contributed by atoms with Crippen LogP contribution in [0.2, 0.25) is 5.02 Å². The molecule has 6 rings (SSSR count). The highest BCUT2D eigenvalue weighted by molar-refractivity contribution is 7.89. The Morgan fingerprint density at radius 3 is 2.37 bits per heavy atom. The summed E-state index contributed by atoms with van der Waals surface area (Å²) in [6, 6.07) is 26.5. The zero-order chi connectivity index (χ0) is 28.6. The number of hydrogen-bond donors (Lipinski definition) is 0. The first-order valence-corrected chi connectivity index (χ1v) is 15.0. The maximum absolute atomic E-state index is 14.0. The van der Waals surface area contributed by atoms with Gasteiger partial charge in [-0.05, 0) is 52.6 Å². The highest BCUT2D eigenvalue weighted by Crippen LogP contribution is 2.29. The van der Waals surface area contributed by atoms with Gasteiger partial charge in [-0.3, -0.25) is 4.79 Å². The molecule has 1 unspecified atom stereocenters. The van der Waals surface area contributed by atoms with Crippen LogP contribution in [0.25, 0.3) is 22.2 Å². The zero-order valence-corrected chi connectivity index (χ0v) is 23.8. The van der Waals surface area contributed by atoms with E-state index in [0.29, 0.717) is 23.3 Å². The number of rotatable bonds is 7. The van der Waals surface area contributed by atoms with Crippen LogP contribution in [0, 0.1) is 6.92 Å². The van der Waals surface area contributed by atoms with E-state index in [4.69, 9.17) is 16.1 Å². The molecule has 0 saturated carbocycles. The molecule has 4 aromatic carbocycles. The SMILES string of the molecule is Cc1nc(-c2ccc(CN3CCN(S(=O)(=O)c4ccc5cc(Cl)ccc5c4)C(Cc4ccccc4)C3=O)cc2)no1. The molecule has 5 aromatic rings. The summed E-state index contributed by atoms with van der Waals surface area (Å²) in [5.74, 6) is 0.762. The van der Waals surface area contributed by atoms with Gasteiger partial charge in [-0.25, -0.2) is 8.42 Å². The molecule has 0 N–H and O–H groups in total. The Morgan fingerprint density at radius 2 is 1.63 bits per heavy atom. The predicted molar refractivity (Wildman–Crippen MR) is 157 cm³/mol. The molecule has 0 spiro atoms. The van der Waals surface area contributed by atoms with E-state index < -0.39 is 16.1 Å². The second kappa shape index (κ2) is 11.1. The molecule has 2 heterocycles. The van der Waals surface area contributed by atoms with Crippen LogP contribution >= 0.6 is 11.6 Å². The molecule has 1 amide bonds. The van der Waals surface area contributed by atoms with E-state index in [1.165, 1.54) is 4.31 Å². The fraction of sp³-hybridized carbons (Fsp3) is 0.194. The normalized spacial score (nSPS) is 16.4. The lowest BCUT2D eigenvalue weighted by molar-refractivity contribution is -0.139. The maximum atomic E-state index is 14.0. The number of aryl methyl sites for hydroxylation is 1. The summed E-state index contributed by atoms with van der Waals surface area (Å²) in [5, 5.41) is 6.14. The van der Waals surface area contributed by atoms with Crippen LogP contribution in [0.5, 0.6) is 0 Å². The first-order valence-electron chi connectivity index (χ1n) is 13.2. The van der Waals surface area contributed by atoms with Crippen molar-refractivity contribution in [3.05, 3.63) is 113 Å². The van der Waals surface area contributed by atoms with Crippen molar-refractivity contribution in [2.24, 2.45) is 0 Å². The Bertz CT molecular complexity index is 1820. The number of carbonyl (C=O) groups excluding carboxylic acids is 1. The van der Waals surface area contributed by atoms with E-state index in [1.54, 1.807) is 48.2 Å². The van der Waals surface area contributed by atoms with Gasteiger partial charge in [0.05, 0.1) is 4.90 Å². The van der Waals surface area contributed by atoms with Crippen molar-refractivity contribution in [2.75, 3.05) is 13.1 Å². The number of hydrogen-bond acceptors (Lipinski definition) is 6. The number of aromatic nitrogens is 2. The molecular formula is C31H27ClN4O4S. The minimum absolute atomic E-state index is 0.152. The Morgan fingerprint density at radius 1 is 0.902 bits per heavy atom. The molecule has 0 bridgehead atoms. The molecule has 1 saturated heterocycles. The number of halogens is 1. The van der Waals surface area contributed by atoms with Crippen molar-refractivity contribution < 1.29 is 17.7 Å². The van der Waals surface area contributed by atoms with Crippen molar-refractivity contribution in [3.63, 3.8) is 0 Å². The lowest BCUT2D eigenvalue weighted by Gasteiger charge is -2.40. The van der Waals surface area contributed by atoms with Crippen LogP contribution in [0.15, 0.2) is 100 Å². The van der Waals surface area contributed by atoms with Crippen LogP contribution in [0.4, 0.5) is 0 Å². The van der Waals surface area contributed by atoms with Gasteiger partial charge in [0.15, 0.2) is 0 Å². The highest BCUT2D eigenvalue weighted by atomic mass is 35.5. The molecule has 208 valence electrons. The van der Waals surface area contributed by atoms with E-state index in [2.05, 4.69) is 10.1 Å². The van der Waals surface area contributed by atoms with Crippen molar-refractivity contribution in [3.8, 4) is 11.4 Å². The minimum atomic E-state index is -3.97. The van der Waals surface area contributed by atoms with Crippen molar-refractivity contribution in [1.29, 1.82) is 0 Å². The summed E-state index contributed by atoms with van der Waals surface area (Å²) in [6.45, 7) is 2.56. The second-order valence-electron chi connectivity index (χ2n) is 10.1. The monoisotopic (exact) mass is 586 g/mol. The van der Waals surface area contributed by atoms with E-state index in [1.807, 2.05) is 54.6 Å². The van der Waals surface area contributed by atoms with Gasteiger partial charge < -0.3 is 9.42 Å². The molecule has 0 aliphatic carbocycles. The predicted octanol–water partition coefficient (Wildman–Crippen LogP) is 5.50. The smallest absolute Gasteiger partial charge is 0.243 e. The third-order valence-corrected chi connectivity index (χ3v) is 9.44. The van der Waals surface area contributed by atoms with Crippen molar-refractivity contribution >= 4 is 38.3 Å². The van der Waals surface area contributed by atoms with Crippen molar-refractivity contribution in [2.45, 2.75) is 30.8 Å². The number of piperazine rings is 1. The molecule has 1 aliphatic rings. The van der Waals surface area contributed by atoms with Gasteiger partial charge in [0.2, 0.25) is 27.6 Å². The van der Waals surface area contributed by atoms with Gasteiger partial charge in [-0.1, -0.05) is 83.5 Å². The Balaban J connectivity index is 1.28. The van der Waals surface area contributed by atoms with E-state index >= 15 is 0 Å². The molecule has 1 fully saturated rings. The first kappa shape index (κ1) is 27.1. The summed E-state index contributed by atoms with van der Waals surface area (Å²) in [6.07, 6.45) is 0.273. The molecule has 0 radical (unpaired) electrons. The van der Waals surface area contributed by atoms with E-state index in [9.17, 15) is 13.2 Å². The molecule has 1 aromatic heterocycles. The highest BCUT2D eigenvalue weighted by Gasteiger charge is 2.41. The lowest BCUT2D eigenvalue weighted by Crippen LogP contribution is -2.59. The fourth-order valence-corrected chi connectivity index (χ4v) is 6.97. The lowest BCUT2D eigenvalue weighted by atomic mass is 10.0. The van der Waals surface area contributed by atoms with E-state index in [-0.39, 0.29) is 30.3 Å². The average molecular weight is 587 g/mol. The van der Waals surface area contributed by atoms with E-state index in [0.717, 1.165) is 27.5 Å². The minimum Gasteiger partial charge on any atom is -0.339 e. The maximum Gasteiger partial charge on any atom is 0.243 e. The zero-order valence-electron chi connectivity index (χ0n) is 22.3. The molecule has 8 nitrogen and oxygen atoms in total. The number of carbonyl (C=O) groups is 1. The fourth-order valence-electron chi connectivity index (χ4n) is 5.18. The van der Waals surface area contributed by atoms with Gasteiger partial charge >= 0.3 is 0 Å².